The largest absolute Gasteiger partial charge is 0.369 e. The Hall–Kier alpha value is -2.98. The Balaban J connectivity index is 1.60. The molecule has 1 unspecified atom stereocenters. The highest BCUT2D eigenvalue weighted by molar-refractivity contribution is 6.35. The SMILES string of the molecule is CN1CCN(c2cc(Cl)c3c(c2)C=CC2=NC(c4ccccc4)=N[N+]23C#N)CC1. The van der Waals surface area contributed by atoms with Crippen LogP contribution in [0.4, 0.5) is 11.4 Å². The van der Waals surface area contributed by atoms with Crippen LogP contribution in [0.5, 0.6) is 0 Å². The van der Waals surface area contributed by atoms with Crippen LogP contribution < -0.4 is 9.49 Å². The van der Waals surface area contributed by atoms with Crippen molar-refractivity contribution in [3.63, 3.8) is 0 Å². The summed E-state index contributed by atoms with van der Waals surface area (Å²) in [6.45, 7) is 3.95. The molecule has 0 amide bonds. The molecule has 144 valence electrons. The first-order chi connectivity index (χ1) is 14.1. The van der Waals surface area contributed by atoms with E-state index in [1.165, 1.54) is 0 Å². The maximum Gasteiger partial charge on any atom is 0.351 e. The minimum Gasteiger partial charge on any atom is -0.369 e. The fraction of sp³-hybridized carbons (Fsp3) is 0.227. The number of amidine groups is 2. The molecule has 0 bridgehead atoms. The highest BCUT2D eigenvalue weighted by Gasteiger charge is 2.49. The van der Waals surface area contributed by atoms with Gasteiger partial charge in [0.1, 0.15) is 5.02 Å². The summed E-state index contributed by atoms with van der Waals surface area (Å²) in [6, 6.07) is 13.8. The molecule has 2 aromatic rings. The van der Waals surface area contributed by atoms with Crippen molar-refractivity contribution in [3.8, 4) is 6.19 Å². The van der Waals surface area contributed by atoms with Gasteiger partial charge in [-0.05, 0) is 34.9 Å². The molecule has 1 fully saturated rings. The number of nitrogens with zero attached hydrogens (tertiary/aromatic N) is 6. The van der Waals surface area contributed by atoms with Crippen LogP contribution in [0.25, 0.3) is 6.08 Å². The smallest absolute Gasteiger partial charge is 0.351 e. The summed E-state index contributed by atoms with van der Waals surface area (Å²) in [5, 5.41) is 15.4. The van der Waals surface area contributed by atoms with E-state index in [0.29, 0.717) is 22.4 Å². The van der Waals surface area contributed by atoms with Crippen LogP contribution in [-0.4, -0.2) is 49.8 Å². The van der Waals surface area contributed by atoms with Crippen LogP contribution in [0.3, 0.4) is 0 Å². The van der Waals surface area contributed by atoms with Crippen molar-refractivity contribution in [2.45, 2.75) is 0 Å². The van der Waals surface area contributed by atoms with Crippen molar-refractivity contribution >= 4 is 40.7 Å². The number of hydrogen-bond donors (Lipinski definition) is 0. The maximum absolute atomic E-state index is 10.2. The standard InChI is InChI=1S/C22H20ClN6/c1-27-9-11-28(12-10-27)18-13-17-7-8-20-25-22(16-5-3-2-4-6-16)26-29(20,15-24)21(17)19(23)14-18/h2-8,13-14H,9-12H2,1H3/q+1. The molecular weight excluding hydrogens is 384 g/mol. The minimum atomic E-state index is -0.363. The zero-order valence-electron chi connectivity index (χ0n) is 16.1. The molecule has 0 saturated carbocycles. The second kappa shape index (κ2) is 6.82. The second-order valence-electron chi connectivity index (χ2n) is 7.48. The van der Waals surface area contributed by atoms with E-state index in [9.17, 15) is 5.26 Å². The number of hydrogen-bond acceptors (Lipinski definition) is 5. The highest BCUT2D eigenvalue weighted by Crippen LogP contribution is 2.44. The van der Waals surface area contributed by atoms with Gasteiger partial charge in [-0.1, -0.05) is 41.9 Å². The average molecular weight is 404 g/mol. The molecule has 2 aromatic carbocycles. The van der Waals surface area contributed by atoms with E-state index in [2.05, 4.69) is 34.1 Å². The highest BCUT2D eigenvalue weighted by atomic mass is 35.5. The number of benzene rings is 2. The van der Waals surface area contributed by atoms with E-state index in [1.54, 1.807) is 0 Å². The summed E-state index contributed by atoms with van der Waals surface area (Å²) in [7, 11) is 2.14. The third kappa shape index (κ3) is 2.87. The zero-order chi connectivity index (χ0) is 20.0. The minimum absolute atomic E-state index is 0.363. The number of nitriles is 1. The number of halogens is 1. The van der Waals surface area contributed by atoms with Gasteiger partial charge in [0, 0.05) is 49.1 Å². The first-order valence-corrected chi connectivity index (χ1v) is 9.99. The van der Waals surface area contributed by atoms with E-state index >= 15 is 0 Å². The second-order valence-corrected chi connectivity index (χ2v) is 7.89. The predicted molar refractivity (Wildman–Crippen MR) is 118 cm³/mol. The number of rotatable bonds is 2. The van der Waals surface area contributed by atoms with Crippen LogP contribution in [0.1, 0.15) is 11.1 Å². The van der Waals surface area contributed by atoms with Crippen molar-refractivity contribution < 1.29 is 0 Å². The van der Waals surface area contributed by atoms with Gasteiger partial charge in [0.25, 0.3) is 5.84 Å². The molecule has 5 rings (SSSR count). The summed E-state index contributed by atoms with van der Waals surface area (Å²) >= 11 is 6.76. The Bertz CT molecular complexity index is 1110. The van der Waals surface area contributed by atoms with Gasteiger partial charge in [0.15, 0.2) is 0 Å². The number of likely N-dealkylation sites (N-methyl/N-ethyl adjacent to an activating group) is 1. The molecule has 0 aliphatic carbocycles. The molecule has 0 N–H and O–H groups in total. The Morgan fingerprint density at radius 3 is 2.55 bits per heavy atom. The first kappa shape index (κ1) is 18.1. The molecule has 7 heteroatoms. The molecule has 3 aliphatic rings. The molecule has 0 aromatic heterocycles. The fourth-order valence-corrected chi connectivity index (χ4v) is 4.37. The predicted octanol–water partition coefficient (Wildman–Crippen LogP) is 3.68. The Kier molecular flexibility index (Phi) is 4.25. The fourth-order valence-electron chi connectivity index (χ4n) is 4.02. The van der Waals surface area contributed by atoms with Gasteiger partial charge in [-0.2, -0.15) is 4.99 Å². The van der Waals surface area contributed by atoms with Gasteiger partial charge in [0.05, 0.1) is 0 Å². The lowest BCUT2D eigenvalue weighted by Crippen LogP contribution is -2.45. The molecule has 0 spiro atoms. The normalized spacial score (nSPS) is 23.1. The van der Waals surface area contributed by atoms with Crippen LogP contribution >= 0.6 is 11.6 Å². The van der Waals surface area contributed by atoms with E-state index in [0.717, 1.165) is 43.0 Å². The Morgan fingerprint density at radius 2 is 1.83 bits per heavy atom. The summed E-state index contributed by atoms with van der Waals surface area (Å²) in [4.78, 5) is 9.29. The monoisotopic (exact) mass is 403 g/mol. The van der Waals surface area contributed by atoms with Crippen molar-refractivity contribution in [1.82, 2.24) is 9.49 Å². The molecule has 29 heavy (non-hydrogen) atoms. The van der Waals surface area contributed by atoms with Crippen molar-refractivity contribution in [3.05, 3.63) is 64.7 Å². The van der Waals surface area contributed by atoms with Crippen molar-refractivity contribution in [1.29, 1.82) is 5.26 Å². The van der Waals surface area contributed by atoms with Gasteiger partial charge >= 0.3 is 6.19 Å². The van der Waals surface area contributed by atoms with Crippen molar-refractivity contribution in [2.24, 2.45) is 10.1 Å². The lowest BCUT2D eigenvalue weighted by atomic mass is 10.0. The summed E-state index contributed by atoms with van der Waals surface area (Å²) in [5.41, 5.74) is 3.53. The Labute approximate surface area is 174 Å². The summed E-state index contributed by atoms with van der Waals surface area (Å²) in [5.74, 6) is 1.10. The van der Waals surface area contributed by atoms with Crippen LogP contribution in [0, 0.1) is 11.5 Å². The number of piperazine rings is 1. The number of fused-ring (bicyclic) bond motifs is 3. The van der Waals surface area contributed by atoms with E-state index < -0.39 is 0 Å². The third-order valence-corrected chi connectivity index (χ3v) is 5.94. The number of aliphatic imine (C=N–C) groups is 1. The van der Waals surface area contributed by atoms with Crippen LogP contribution in [0.15, 0.2) is 58.6 Å². The van der Waals surface area contributed by atoms with Gasteiger partial charge in [-0.3, -0.25) is 0 Å². The first-order valence-electron chi connectivity index (χ1n) is 9.62. The van der Waals surface area contributed by atoms with Crippen LogP contribution in [-0.2, 0) is 0 Å². The molecule has 3 aliphatic heterocycles. The molecule has 0 radical (unpaired) electrons. The lowest BCUT2D eigenvalue weighted by Gasteiger charge is -2.35. The van der Waals surface area contributed by atoms with Gasteiger partial charge in [-0.15, -0.1) is 5.26 Å². The molecule has 6 nitrogen and oxygen atoms in total. The quantitative estimate of drug-likeness (QED) is 0.567. The maximum atomic E-state index is 10.2. The molecule has 3 heterocycles. The molecule has 1 saturated heterocycles. The Morgan fingerprint density at radius 1 is 1.07 bits per heavy atom. The van der Waals surface area contributed by atoms with Crippen molar-refractivity contribution in [2.75, 3.05) is 38.1 Å². The number of quaternary nitrogens is 1. The topological polar surface area (TPSA) is 55.0 Å². The summed E-state index contributed by atoms with van der Waals surface area (Å²) < 4.78 is -0.363. The van der Waals surface area contributed by atoms with E-state index in [1.807, 2.05) is 48.6 Å². The summed E-state index contributed by atoms with van der Waals surface area (Å²) in [6.07, 6.45) is 6.20. The van der Waals surface area contributed by atoms with Gasteiger partial charge in [0.2, 0.25) is 11.5 Å². The zero-order valence-corrected chi connectivity index (χ0v) is 16.8. The average Bonchev–Trinajstić information content (AvgIpc) is 3.15. The van der Waals surface area contributed by atoms with Crippen LogP contribution in [0.2, 0.25) is 5.02 Å². The lowest BCUT2D eigenvalue weighted by molar-refractivity contribution is 0.313. The van der Waals surface area contributed by atoms with E-state index in [-0.39, 0.29) is 4.59 Å². The molecule has 1 atom stereocenters. The van der Waals surface area contributed by atoms with Gasteiger partial charge < -0.3 is 9.80 Å². The number of anilines is 1. The van der Waals surface area contributed by atoms with Gasteiger partial charge in [-0.25, -0.2) is 0 Å². The molecular formula is C22H20ClN6+. The third-order valence-electron chi connectivity index (χ3n) is 5.66. The van der Waals surface area contributed by atoms with E-state index in [4.69, 9.17) is 16.7 Å².